The largest absolute Gasteiger partial charge is 0.493 e. The summed E-state index contributed by atoms with van der Waals surface area (Å²) in [5.41, 5.74) is 2.52. The van der Waals surface area contributed by atoms with Crippen LogP contribution in [0.5, 0.6) is 11.5 Å². The summed E-state index contributed by atoms with van der Waals surface area (Å²) in [5, 5.41) is 2.85. The number of carbonyl (C=O) groups is 1. The van der Waals surface area contributed by atoms with Crippen LogP contribution in [0.3, 0.4) is 0 Å². The number of methoxy groups -OCH3 is 2. The van der Waals surface area contributed by atoms with Gasteiger partial charge in [0.1, 0.15) is 0 Å². The summed E-state index contributed by atoms with van der Waals surface area (Å²) in [4.78, 5) is 12.1. The van der Waals surface area contributed by atoms with Gasteiger partial charge in [0, 0.05) is 22.3 Å². The minimum atomic E-state index is -0.212. The number of carbonyl (C=O) groups excluding carboxylic acids is 1. The average Bonchev–Trinajstić information content (AvgIpc) is 2.55. The van der Waals surface area contributed by atoms with Crippen molar-refractivity contribution < 1.29 is 14.3 Å². The van der Waals surface area contributed by atoms with Gasteiger partial charge in [-0.2, -0.15) is 0 Å². The fourth-order valence-electron chi connectivity index (χ4n) is 2.07. The van der Waals surface area contributed by atoms with Gasteiger partial charge in [0.05, 0.1) is 14.2 Å². The second-order valence-corrected chi connectivity index (χ2v) is 5.72. The molecule has 0 saturated heterocycles. The van der Waals surface area contributed by atoms with Gasteiger partial charge >= 0.3 is 0 Å². The zero-order chi connectivity index (χ0) is 16.8. The van der Waals surface area contributed by atoms with E-state index in [0.717, 1.165) is 15.6 Å². The van der Waals surface area contributed by atoms with Crippen LogP contribution in [0.1, 0.15) is 11.1 Å². The quantitative estimate of drug-likeness (QED) is 0.786. The first-order chi connectivity index (χ1) is 11.0. The number of halogens is 1. The molecule has 5 heteroatoms. The van der Waals surface area contributed by atoms with Crippen molar-refractivity contribution in [3.8, 4) is 11.5 Å². The van der Waals surface area contributed by atoms with Crippen LogP contribution in [0.4, 0.5) is 5.69 Å². The molecule has 2 aromatic rings. The van der Waals surface area contributed by atoms with Gasteiger partial charge in [-0.25, -0.2) is 0 Å². The van der Waals surface area contributed by atoms with Crippen LogP contribution in [0.15, 0.2) is 46.9 Å². The van der Waals surface area contributed by atoms with E-state index in [1.165, 1.54) is 6.08 Å². The van der Waals surface area contributed by atoms with E-state index < -0.39 is 0 Å². The second-order valence-electron chi connectivity index (χ2n) is 4.87. The number of nitrogens with one attached hydrogen (secondary N) is 1. The summed E-state index contributed by atoms with van der Waals surface area (Å²) in [6.07, 6.45) is 3.26. The molecule has 120 valence electrons. The predicted octanol–water partition coefficient (Wildman–Crippen LogP) is 4.43. The number of hydrogen-bond donors (Lipinski definition) is 1. The first kappa shape index (κ1) is 17.1. The Labute approximate surface area is 144 Å². The molecule has 1 amide bonds. The van der Waals surface area contributed by atoms with Gasteiger partial charge in [0.2, 0.25) is 5.91 Å². The molecular formula is C18H18BrNO3. The van der Waals surface area contributed by atoms with E-state index in [-0.39, 0.29) is 5.91 Å². The summed E-state index contributed by atoms with van der Waals surface area (Å²) in [6.45, 7) is 1.90. The summed E-state index contributed by atoms with van der Waals surface area (Å²) < 4.78 is 11.4. The second kappa shape index (κ2) is 7.83. The van der Waals surface area contributed by atoms with E-state index in [1.54, 1.807) is 26.4 Å². The molecule has 2 aromatic carbocycles. The molecule has 0 atom stereocenters. The molecule has 0 aromatic heterocycles. The molecule has 0 aliphatic heterocycles. The normalized spacial score (nSPS) is 10.6. The van der Waals surface area contributed by atoms with Crippen molar-refractivity contribution in [2.24, 2.45) is 0 Å². The molecule has 4 nitrogen and oxygen atoms in total. The van der Waals surface area contributed by atoms with Crippen molar-refractivity contribution in [1.82, 2.24) is 0 Å². The van der Waals surface area contributed by atoms with Crippen molar-refractivity contribution in [1.29, 1.82) is 0 Å². The lowest BCUT2D eigenvalue weighted by atomic mass is 10.1. The van der Waals surface area contributed by atoms with Crippen molar-refractivity contribution >= 4 is 33.6 Å². The highest BCUT2D eigenvalue weighted by molar-refractivity contribution is 9.10. The van der Waals surface area contributed by atoms with Crippen LogP contribution < -0.4 is 14.8 Å². The minimum absolute atomic E-state index is 0.212. The molecule has 0 aliphatic carbocycles. The SMILES string of the molecule is COc1cc(C)c(NC(=O)/C=C/c2ccccc2Br)cc1OC. The van der Waals surface area contributed by atoms with E-state index in [0.29, 0.717) is 17.2 Å². The molecule has 0 fully saturated rings. The zero-order valence-electron chi connectivity index (χ0n) is 13.2. The third-order valence-electron chi connectivity index (χ3n) is 3.31. The zero-order valence-corrected chi connectivity index (χ0v) is 14.8. The lowest BCUT2D eigenvalue weighted by molar-refractivity contribution is -0.111. The van der Waals surface area contributed by atoms with Crippen LogP contribution in [0.2, 0.25) is 0 Å². The molecule has 0 heterocycles. The Bertz CT molecular complexity index is 741. The Hall–Kier alpha value is -2.27. The molecule has 0 saturated carbocycles. The molecule has 1 N–H and O–H groups in total. The van der Waals surface area contributed by atoms with E-state index in [2.05, 4.69) is 21.2 Å². The highest BCUT2D eigenvalue weighted by Crippen LogP contribution is 2.32. The van der Waals surface area contributed by atoms with Gasteiger partial charge < -0.3 is 14.8 Å². The number of ether oxygens (including phenoxy) is 2. The van der Waals surface area contributed by atoms with E-state index in [4.69, 9.17) is 9.47 Å². The highest BCUT2D eigenvalue weighted by Gasteiger charge is 2.09. The van der Waals surface area contributed by atoms with Crippen LogP contribution >= 0.6 is 15.9 Å². The minimum Gasteiger partial charge on any atom is -0.493 e. The van der Waals surface area contributed by atoms with E-state index >= 15 is 0 Å². The van der Waals surface area contributed by atoms with Crippen molar-refractivity contribution in [2.75, 3.05) is 19.5 Å². The van der Waals surface area contributed by atoms with Crippen molar-refractivity contribution in [2.45, 2.75) is 6.92 Å². The summed E-state index contributed by atoms with van der Waals surface area (Å²) >= 11 is 3.45. The Balaban J connectivity index is 2.16. The molecule has 0 aliphatic rings. The van der Waals surface area contributed by atoms with Crippen LogP contribution in [-0.2, 0) is 4.79 Å². The maximum absolute atomic E-state index is 12.1. The first-order valence-electron chi connectivity index (χ1n) is 7.01. The fraction of sp³-hybridized carbons (Fsp3) is 0.167. The van der Waals surface area contributed by atoms with Gasteiger partial charge in [-0.1, -0.05) is 34.1 Å². The molecule has 0 radical (unpaired) electrons. The lowest BCUT2D eigenvalue weighted by Crippen LogP contribution is -2.09. The first-order valence-corrected chi connectivity index (χ1v) is 7.80. The Morgan fingerprint density at radius 3 is 2.43 bits per heavy atom. The number of amides is 1. The maximum atomic E-state index is 12.1. The Morgan fingerprint density at radius 1 is 1.13 bits per heavy atom. The number of anilines is 1. The van der Waals surface area contributed by atoms with E-state index in [9.17, 15) is 4.79 Å². The smallest absolute Gasteiger partial charge is 0.248 e. The Kier molecular flexibility index (Phi) is 5.82. The van der Waals surface area contributed by atoms with Gasteiger partial charge in [-0.05, 0) is 36.3 Å². The van der Waals surface area contributed by atoms with Gasteiger partial charge in [0.25, 0.3) is 0 Å². The Morgan fingerprint density at radius 2 is 1.78 bits per heavy atom. The molecular weight excluding hydrogens is 358 g/mol. The number of aryl methyl sites for hydroxylation is 1. The number of benzene rings is 2. The van der Waals surface area contributed by atoms with Crippen molar-refractivity contribution in [3.63, 3.8) is 0 Å². The molecule has 23 heavy (non-hydrogen) atoms. The third-order valence-corrected chi connectivity index (χ3v) is 4.03. The standard InChI is InChI=1S/C18H18BrNO3/c1-12-10-16(22-2)17(23-3)11-15(12)20-18(21)9-8-13-6-4-5-7-14(13)19/h4-11H,1-3H3,(H,20,21)/b9-8+. The number of rotatable bonds is 5. The van der Waals surface area contributed by atoms with Crippen LogP contribution in [0.25, 0.3) is 6.08 Å². The lowest BCUT2D eigenvalue weighted by Gasteiger charge is -2.12. The third kappa shape index (κ3) is 4.36. The summed E-state index contributed by atoms with van der Waals surface area (Å²) in [5.74, 6) is 0.992. The average molecular weight is 376 g/mol. The summed E-state index contributed by atoms with van der Waals surface area (Å²) in [6, 6.07) is 11.3. The highest BCUT2D eigenvalue weighted by atomic mass is 79.9. The van der Waals surface area contributed by atoms with E-state index in [1.807, 2.05) is 37.3 Å². The van der Waals surface area contributed by atoms with Crippen LogP contribution in [0, 0.1) is 6.92 Å². The molecule has 0 bridgehead atoms. The van der Waals surface area contributed by atoms with Gasteiger partial charge in [-0.15, -0.1) is 0 Å². The van der Waals surface area contributed by atoms with Gasteiger partial charge in [0.15, 0.2) is 11.5 Å². The molecule has 0 spiro atoms. The monoisotopic (exact) mass is 375 g/mol. The topological polar surface area (TPSA) is 47.6 Å². The fourth-order valence-corrected chi connectivity index (χ4v) is 2.48. The maximum Gasteiger partial charge on any atom is 0.248 e. The number of hydrogen-bond acceptors (Lipinski definition) is 3. The molecule has 0 unspecified atom stereocenters. The summed E-state index contributed by atoms with van der Waals surface area (Å²) in [7, 11) is 3.14. The van der Waals surface area contributed by atoms with Crippen molar-refractivity contribution in [3.05, 3.63) is 58.1 Å². The predicted molar refractivity (Wildman–Crippen MR) is 96.1 cm³/mol. The van der Waals surface area contributed by atoms with Gasteiger partial charge in [-0.3, -0.25) is 4.79 Å². The van der Waals surface area contributed by atoms with Crippen LogP contribution in [-0.4, -0.2) is 20.1 Å². The molecule has 2 rings (SSSR count).